The van der Waals surface area contributed by atoms with Gasteiger partial charge in [0.2, 0.25) is 0 Å². The molecular formula is C18H11BF17NO5. The van der Waals surface area contributed by atoms with Crippen molar-refractivity contribution in [1.82, 2.24) is 0 Å². The summed E-state index contributed by atoms with van der Waals surface area (Å²) in [5, 5.41) is 20.3. The summed E-state index contributed by atoms with van der Waals surface area (Å²) in [5.41, 5.74) is -5.84. The van der Waals surface area contributed by atoms with E-state index in [4.69, 9.17) is 0 Å². The quantitative estimate of drug-likeness (QED) is 0.183. The number of ether oxygens (including phenoxy) is 2. The highest BCUT2D eigenvalue weighted by molar-refractivity contribution is 6.59. The highest BCUT2D eigenvalue weighted by Gasteiger charge is 2.85. The number of benzene rings is 1. The number of hydrogen-bond donors (Lipinski definition) is 3. The van der Waals surface area contributed by atoms with E-state index in [-0.39, 0.29) is 17.7 Å². The van der Waals surface area contributed by atoms with Crippen LogP contribution in [0.3, 0.4) is 0 Å². The molecule has 1 aromatic carbocycles. The molecule has 0 fully saturated rings. The Kier molecular flexibility index (Phi) is 9.74. The second-order valence-corrected chi connectivity index (χ2v) is 7.91. The highest BCUT2D eigenvalue weighted by Crippen LogP contribution is 2.57. The lowest BCUT2D eigenvalue weighted by Crippen LogP contribution is -2.67. The minimum Gasteiger partial charge on any atom is -0.423 e. The zero-order valence-electron chi connectivity index (χ0n) is 19.6. The smallest absolute Gasteiger partial charge is 0.423 e. The second kappa shape index (κ2) is 11.0. The van der Waals surface area contributed by atoms with Crippen LogP contribution in [-0.4, -0.2) is 65.6 Å². The van der Waals surface area contributed by atoms with Gasteiger partial charge in [0.1, 0.15) is 0 Å². The van der Waals surface area contributed by atoms with Crippen LogP contribution >= 0.6 is 0 Å². The molecule has 0 spiro atoms. The standard InChI is InChI=1S/C18H11BF17NO5/c1-6(2)10(38)37-7-3-4-8(9(5-7)19(39)40)11(20,14(24,25)26)41-18(35,36)13(23,16(30,31)32)42-17(33,34)12(21,22)15(27,28)29/h3-5,39-40H,1H2,2H3,(H,37,38). The molecule has 24 heteroatoms. The van der Waals surface area contributed by atoms with Gasteiger partial charge in [-0.25, -0.2) is 0 Å². The van der Waals surface area contributed by atoms with Crippen molar-refractivity contribution < 1.29 is 99.0 Å². The van der Waals surface area contributed by atoms with Crippen molar-refractivity contribution in [2.45, 2.75) is 55.3 Å². The minimum absolute atomic E-state index is 0.0522. The van der Waals surface area contributed by atoms with E-state index < -0.39 is 84.2 Å². The van der Waals surface area contributed by atoms with Gasteiger partial charge in [-0.2, -0.15) is 74.6 Å². The number of carbonyl (C=O) groups is 1. The Morgan fingerprint density at radius 2 is 1.24 bits per heavy atom. The Hall–Kier alpha value is -2.86. The highest BCUT2D eigenvalue weighted by atomic mass is 19.4. The van der Waals surface area contributed by atoms with Gasteiger partial charge in [-0.1, -0.05) is 12.6 Å². The molecule has 1 rings (SSSR count). The van der Waals surface area contributed by atoms with Crippen LogP contribution in [0, 0.1) is 0 Å². The molecule has 6 nitrogen and oxygen atoms in total. The molecule has 1 amide bonds. The van der Waals surface area contributed by atoms with Gasteiger partial charge >= 0.3 is 55.5 Å². The van der Waals surface area contributed by atoms with Crippen LogP contribution in [-0.2, 0) is 20.1 Å². The SMILES string of the molecule is C=C(C)C(=O)Nc1ccc(C(F)(OC(F)(F)C(F)(OC(F)(F)C(F)(F)C(F)(F)F)C(F)(F)F)C(F)(F)F)c(B(O)O)c1. The topological polar surface area (TPSA) is 88.0 Å². The molecule has 0 bridgehead atoms. The fourth-order valence-electron chi connectivity index (χ4n) is 2.58. The number of rotatable bonds is 10. The summed E-state index contributed by atoms with van der Waals surface area (Å²) in [7, 11) is -3.43. The maximum Gasteiger partial charge on any atom is 0.489 e. The predicted molar refractivity (Wildman–Crippen MR) is 102 cm³/mol. The van der Waals surface area contributed by atoms with E-state index in [1.54, 1.807) is 5.32 Å². The maximum atomic E-state index is 15.2. The molecule has 3 N–H and O–H groups in total. The van der Waals surface area contributed by atoms with Crippen molar-refractivity contribution >= 4 is 24.2 Å². The van der Waals surface area contributed by atoms with Gasteiger partial charge in [0.15, 0.2) is 0 Å². The molecule has 240 valence electrons. The summed E-state index contributed by atoms with van der Waals surface area (Å²) >= 11 is 0. The van der Waals surface area contributed by atoms with E-state index >= 15 is 4.39 Å². The monoisotopic (exact) mass is 655 g/mol. The molecule has 0 saturated heterocycles. The van der Waals surface area contributed by atoms with Crippen LogP contribution in [0.5, 0.6) is 0 Å². The first-order valence-corrected chi connectivity index (χ1v) is 9.88. The Balaban J connectivity index is 3.91. The van der Waals surface area contributed by atoms with Gasteiger partial charge in [-0.15, -0.1) is 0 Å². The normalized spacial score (nSPS) is 16.9. The van der Waals surface area contributed by atoms with Crippen molar-refractivity contribution in [2.24, 2.45) is 0 Å². The molecule has 42 heavy (non-hydrogen) atoms. The molecule has 0 saturated carbocycles. The van der Waals surface area contributed by atoms with E-state index in [9.17, 15) is 85.1 Å². The maximum absolute atomic E-state index is 15.2. The summed E-state index contributed by atoms with van der Waals surface area (Å²) in [6.45, 7) is 4.15. The van der Waals surface area contributed by atoms with E-state index in [1.807, 2.05) is 0 Å². The van der Waals surface area contributed by atoms with Crippen molar-refractivity contribution in [2.75, 3.05) is 5.32 Å². The summed E-state index contributed by atoms with van der Waals surface area (Å²) in [6.07, 6.45) is -38.7. The number of amides is 1. The van der Waals surface area contributed by atoms with Crippen LogP contribution in [0.2, 0.25) is 0 Å². The molecule has 0 radical (unpaired) electrons. The second-order valence-electron chi connectivity index (χ2n) is 7.91. The molecule has 0 aliphatic carbocycles. The first kappa shape index (κ1) is 37.2. The Morgan fingerprint density at radius 3 is 1.60 bits per heavy atom. The zero-order valence-corrected chi connectivity index (χ0v) is 19.6. The van der Waals surface area contributed by atoms with Gasteiger partial charge in [-0.05, 0) is 24.5 Å². The van der Waals surface area contributed by atoms with Crippen LogP contribution < -0.4 is 10.8 Å². The third-order valence-corrected chi connectivity index (χ3v) is 4.68. The number of carbonyl (C=O) groups excluding carboxylic acids is 1. The summed E-state index contributed by atoms with van der Waals surface area (Å²) in [5.74, 6) is -23.8. The zero-order chi connectivity index (χ0) is 33.7. The molecule has 2 unspecified atom stereocenters. The summed E-state index contributed by atoms with van der Waals surface area (Å²) < 4.78 is 231. The predicted octanol–water partition coefficient (Wildman–Crippen LogP) is 5.21. The molecule has 0 aromatic heterocycles. The molecule has 0 aliphatic heterocycles. The van der Waals surface area contributed by atoms with E-state index in [0.29, 0.717) is 0 Å². The van der Waals surface area contributed by atoms with Gasteiger partial charge < -0.3 is 15.4 Å². The van der Waals surface area contributed by atoms with Gasteiger partial charge in [0.05, 0.1) is 0 Å². The fourth-order valence-corrected chi connectivity index (χ4v) is 2.58. The average Bonchev–Trinajstić information content (AvgIpc) is 2.75. The van der Waals surface area contributed by atoms with Crippen molar-refractivity contribution in [3.8, 4) is 0 Å². The lowest BCUT2D eigenvalue weighted by Gasteiger charge is -2.41. The van der Waals surface area contributed by atoms with Gasteiger partial charge in [-0.3, -0.25) is 14.3 Å². The Morgan fingerprint density at radius 1 is 0.762 bits per heavy atom. The van der Waals surface area contributed by atoms with Crippen LogP contribution in [0.25, 0.3) is 0 Å². The first-order chi connectivity index (χ1) is 18.3. The van der Waals surface area contributed by atoms with E-state index in [2.05, 4.69) is 11.3 Å². The number of nitrogens with one attached hydrogen (secondary N) is 1. The van der Waals surface area contributed by atoms with Crippen molar-refractivity contribution in [3.05, 3.63) is 35.9 Å². The number of anilines is 1. The lowest BCUT2D eigenvalue weighted by atomic mass is 9.74. The largest absolute Gasteiger partial charge is 0.489 e. The Labute approximate surface area is 220 Å². The van der Waals surface area contributed by atoms with Crippen LogP contribution in [0.15, 0.2) is 30.4 Å². The number of hydrogen-bond acceptors (Lipinski definition) is 5. The Bertz CT molecular complexity index is 1180. The average molecular weight is 655 g/mol. The molecule has 0 aliphatic rings. The third kappa shape index (κ3) is 6.69. The summed E-state index contributed by atoms with van der Waals surface area (Å²) in [4.78, 5) is 11.6. The fraction of sp³-hybridized carbons (Fsp3) is 0.500. The number of alkyl halides is 17. The molecular weight excluding hydrogens is 644 g/mol. The van der Waals surface area contributed by atoms with Gasteiger partial charge in [0.25, 0.3) is 5.91 Å². The third-order valence-electron chi connectivity index (χ3n) is 4.68. The molecule has 2 atom stereocenters. The molecule has 0 heterocycles. The lowest BCUT2D eigenvalue weighted by molar-refractivity contribution is -0.554. The molecule has 1 aromatic rings. The minimum atomic E-state index is -8.10. The first-order valence-electron chi connectivity index (χ1n) is 9.88. The van der Waals surface area contributed by atoms with Gasteiger partial charge in [0, 0.05) is 16.8 Å². The summed E-state index contributed by atoms with van der Waals surface area (Å²) in [6, 6.07) is -0.374. The van der Waals surface area contributed by atoms with Crippen LogP contribution in [0.1, 0.15) is 12.5 Å². The van der Waals surface area contributed by atoms with Crippen molar-refractivity contribution in [3.63, 3.8) is 0 Å². The van der Waals surface area contributed by atoms with Crippen molar-refractivity contribution in [1.29, 1.82) is 0 Å². The van der Waals surface area contributed by atoms with E-state index in [0.717, 1.165) is 6.92 Å². The van der Waals surface area contributed by atoms with Crippen LogP contribution in [0.4, 0.5) is 80.3 Å². The number of halogens is 17. The van der Waals surface area contributed by atoms with E-state index in [1.165, 1.54) is 4.74 Å².